The van der Waals surface area contributed by atoms with E-state index in [0.717, 1.165) is 0 Å². The zero-order valence-electron chi connectivity index (χ0n) is 10.7. The zero-order valence-corrected chi connectivity index (χ0v) is 10.7. The van der Waals surface area contributed by atoms with Crippen molar-refractivity contribution in [2.24, 2.45) is 0 Å². The lowest BCUT2D eigenvalue weighted by atomic mass is 10.1. The van der Waals surface area contributed by atoms with E-state index in [1.54, 1.807) is 0 Å². The summed E-state index contributed by atoms with van der Waals surface area (Å²) in [6.45, 7) is 0. The minimum absolute atomic E-state index is 0.0190. The van der Waals surface area contributed by atoms with E-state index in [4.69, 9.17) is 0 Å². The number of benzene rings is 1. The van der Waals surface area contributed by atoms with E-state index in [1.165, 1.54) is 25.3 Å². The molecule has 3 amide bonds. The van der Waals surface area contributed by atoms with Gasteiger partial charge in [-0.2, -0.15) is 0 Å². The standard InChI is InChI=1S/C13H12N2O5/c1-20-11(17)5-4-10(16)14-7-2-3-8-9(6-7)13(19)15-12(8)18/h2-3,6H,4-5H2,1H3,(H,14,16)(H,15,18,19). The lowest BCUT2D eigenvalue weighted by Crippen LogP contribution is -2.19. The maximum Gasteiger partial charge on any atom is 0.306 e. The van der Waals surface area contributed by atoms with Crippen LogP contribution < -0.4 is 10.6 Å². The lowest BCUT2D eigenvalue weighted by Gasteiger charge is -2.05. The smallest absolute Gasteiger partial charge is 0.306 e. The highest BCUT2D eigenvalue weighted by Gasteiger charge is 2.26. The van der Waals surface area contributed by atoms with Crippen molar-refractivity contribution in [2.75, 3.05) is 12.4 Å². The molecule has 1 aromatic rings. The van der Waals surface area contributed by atoms with Crippen LogP contribution in [0.25, 0.3) is 0 Å². The highest BCUT2D eigenvalue weighted by Crippen LogP contribution is 2.20. The Morgan fingerprint density at radius 1 is 1.15 bits per heavy atom. The van der Waals surface area contributed by atoms with Gasteiger partial charge in [0.25, 0.3) is 11.8 Å². The topological polar surface area (TPSA) is 102 Å². The number of amides is 3. The minimum Gasteiger partial charge on any atom is -0.469 e. The van der Waals surface area contributed by atoms with Gasteiger partial charge in [-0.1, -0.05) is 0 Å². The summed E-state index contributed by atoms with van der Waals surface area (Å²) in [5.41, 5.74) is 0.895. The molecule has 0 unspecified atom stereocenters. The maximum atomic E-state index is 11.6. The molecule has 1 aromatic carbocycles. The second-order valence-corrected chi connectivity index (χ2v) is 4.17. The first-order chi connectivity index (χ1) is 9.51. The fraction of sp³-hybridized carbons (Fsp3) is 0.231. The number of rotatable bonds is 4. The number of anilines is 1. The summed E-state index contributed by atoms with van der Waals surface area (Å²) in [6, 6.07) is 4.41. The first-order valence-corrected chi connectivity index (χ1v) is 5.87. The predicted molar refractivity (Wildman–Crippen MR) is 68.1 cm³/mol. The van der Waals surface area contributed by atoms with Gasteiger partial charge in [0, 0.05) is 12.1 Å². The number of hydrogen-bond donors (Lipinski definition) is 2. The van der Waals surface area contributed by atoms with Gasteiger partial charge in [-0.05, 0) is 18.2 Å². The monoisotopic (exact) mass is 276 g/mol. The summed E-state index contributed by atoms with van der Waals surface area (Å²) in [6.07, 6.45) is -0.0405. The van der Waals surface area contributed by atoms with Crippen molar-refractivity contribution in [2.45, 2.75) is 12.8 Å². The van der Waals surface area contributed by atoms with Crippen LogP contribution in [0.1, 0.15) is 33.6 Å². The zero-order chi connectivity index (χ0) is 14.7. The van der Waals surface area contributed by atoms with Crippen molar-refractivity contribution in [1.29, 1.82) is 0 Å². The van der Waals surface area contributed by atoms with Crippen molar-refractivity contribution in [1.82, 2.24) is 5.32 Å². The van der Waals surface area contributed by atoms with Gasteiger partial charge in [-0.15, -0.1) is 0 Å². The molecule has 0 saturated heterocycles. The van der Waals surface area contributed by atoms with Crippen LogP contribution >= 0.6 is 0 Å². The summed E-state index contributed by atoms with van der Waals surface area (Å²) in [5.74, 6) is -1.79. The molecule has 0 atom stereocenters. The number of carbonyl (C=O) groups excluding carboxylic acids is 4. The second-order valence-electron chi connectivity index (χ2n) is 4.17. The van der Waals surface area contributed by atoms with Crippen molar-refractivity contribution >= 4 is 29.4 Å². The van der Waals surface area contributed by atoms with Crippen LogP contribution in [-0.2, 0) is 14.3 Å². The summed E-state index contributed by atoms with van der Waals surface area (Å²) in [7, 11) is 1.25. The maximum absolute atomic E-state index is 11.6. The molecule has 7 heteroatoms. The molecular weight excluding hydrogens is 264 g/mol. The Labute approximate surface area is 114 Å². The van der Waals surface area contributed by atoms with Gasteiger partial charge in [0.1, 0.15) is 0 Å². The molecule has 1 aliphatic heterocycles. The van der Waals surface area contributed by atoms with Gasteiger partial charge in [0.05, 0.1) is 24.7 Å². The number of nitrogens with one attached hydrogen (secondary N) is 2. The molecule has 20 heavy (non-hydrogen) atoms. The van der Waals surface area contributed by atoms with E-state index in [0.29, 0.717) is 5.69 Å². The summed E-state index contributed by atoms with van der Waals surface area (Å²) >= 11 is 0. The normalized spacial score (nSPS) is 12.7. The van der Waals surface area contributed by atoms with Crippen LogP contribution in [-0.4, -0.2) is 30.8 Å². The minimum atomic E-state index is -0.490. The molecule has 2 rings (SSSR count). The molecule has 2 N–H and O–H groups in total. The van der Waals surface area contributed by atoms with E-state index in [9.17, 15) is 19.2 Å². The fourth-order valence-corrected chi connectivity index (χ4v) is 1.79. The Bertz CT molecular complexity index is 609. The first kappa shape index (κ1) is 13.7. The first-order valence-electron chi connectivity index (χ1n) is 5.87. The molecule has 0 fully saturated rings. The number of esters is 1. The Kier molecular flexibility index (Phi) is 3.79. The molecule has 0 radical (unpaired) electrons. The van der Waals surface area contributed by atoms with E-state index in [2.05, 4.69) is 15.4 Å². The van der Waals surface area contributed by atoms with Crippen LogP contribution in [0.4, 0.5) is 5.69 Å². The quantitative estimate of drug-likeness (QED) is 0.614. The molecule has 0 aliphatic carbocycles. The van der Waals surface area contributed by atoms with Crippen molar-refractivity contribution < 1.29 is 23.9 Å². The van der Waals surface area contributed by atoms with Crippen molar-refractivity contribution in [3.63, 3.8) is 0 Å². The van der Waals surface area contributed by atoms with Crippen molar-refractivity contribution in [3.05, 3.63) is 29.3 Å². The molecule has 0 aromatic heterocycles. The highest BCUT2D eigenvalue weighted by molar-refractivity contribution is 6.22. The van der Waals surface area contributed by atoms with Crippen LogP contribution in [0.3, 0.4) is 0 Å². The average molecular weight is 276 g/mol. The Morgan fingerprint density at radius 2 is 1.85 bits per heavy atom. The number of fused-ring (bicyclic) bond motifs is 1. The molecule has 1 aliphatic rings. The molecule has 7 nitrogen and oxygen atoms in total. The van der Waals surface area contributed by atoms with Gasteiger partial charge in [0.2, 0.25) is 5.91 Å². The molecule has 0 bridgehead atoms. The number of imide groups is 1. The Hall–Kier alpha value is -2.70. The van der Waals surface area contributed by atoms with E-state index < -0.39 is 17.8 Å². The van der Waals surface area contributed by atoms with E-state index in [-0.39, 0.29) is 29.9 Å². The SMILES string of the molecule is COC(=O)CCC(=O)Nc1ccc2c(c1)C(=O)NC2=O. The van der Waals surface area contributed by atoms with Gasteiger partial charge in [-0.3, -0.25) is 24.5 Å². The predicted octanol–water partition coefficient (Wildman–Crippen LogP) is 0.462. The summed E-state index contributed by atoms with van der Waals surface area (Å²) in [4.78, 5) is 45.3. The van der Waals surface area contributed by atoms with E-state index >= 15 is 0 Å². The Morgan fingerprint density at radius 3 is 2.55 bits per heavy atom. The molecule has 1 heterocycles. The summed E-state index contributed by atoms with van der Waals surface area (Å²) in [5, 5.41) is 4.71. The van der Waals surface area contributed by atoms with Crippen LogP contribution in [0.2, 0.25) is 0 Å². The number of hydrogen-bond acceptors (Lipinski definition) is 5. The van der Waals surface area contributed by atoms with Gasteiger partial charge < -0.3 is 10.1 Å². The molecular formula is C13H12N2O5. The third kappa shape index (κ3) is 2.82. The third-order valence-corrected chi connectivity index (χ3v) is 2.80. The molecule has 0 spiro atoms. The van der Waals surface area contributed by atoms with Crippen LogP contribution in [0.5, 0.6) is 0 Å². The molecule has 0 saturated carbocycles. The Balaban J connectivity index is 2.03. The van der Waals surface area contributed by atoms with Gasteiger partial charge >= 0.3 is 5.97 Å². The molecule has 104 valence electrons. The third-order valence-electron chi connectivity index (χ3n) is 2.80. The average Bonchev–Trinajstić information content (AvgIpc) is 2.71. The number of methoxy groups -OCH3 is 1. The fourth-order valence-electron chi connectivity index (χ4n) is 1.79. The number of carbonyl (C=O) groups is 4. The number of ether oxygens (including phenoxy) is 1. The van der Waals surface area contributed by atoms with Crippen molar-refractivity contribution in [3.8, 4) is 0 Å². The second kappa shape index (κ2) is 5.52. The summed E-state index contributed by atoms with van der Waals surface area (Å²) < 4.78 is 4.43. The van der Waals surface area contributed by atoms with Crippen LogP contribution in [0.15, 0.2) is 18.2 Å². The van der Waals surface area contributed by atoms with Gasteiger partial charge in [0.15, 0.2) is 0 Å². The van der Waals surface area contributed by atoms with Crippen LogP contribution in [0, 0.1) is 0 Å². The lowest BCUT2D eigenvalue weighted by molar-refractivity contribution is -0.141. The highest BCUT2D eigenvalue weighted by atomic mass is 16.5. The largest absolute Gasteiger partial charge is 0.469 e. The van der Waals surface area contributed by atoms with E-state index in [1.807, 2.05) is 0 Å². The van der Waals surface area contributed by atoms with Gasteiger partial charge in [-0.25, -0.2) is 0 Å².